The van der Waals surface area contributed by atoms with Crippen molar-refractivity contribution < 1.29 is 28.4 Å². The van der Waals surface area contributed by atoms with Crippen molar-refractivity contribution in [1.82, 2.24) is 20.3 Å². The minimum atomic E-state index is -0.985. The van der Waals surface area contributed by atoms with E-state index < -0.39 is 17.9 Å². The molecule has 10 nitrogen and oxygen atoms in total. The molecule has 31 heavy (non-hydrogen) atoms. The molecule has 170 valence electrons. The summed E-state index contributed by atoms with van der Waals surface area (Å²) in [5.41, 5.74) is 1.10. The normalized spacial score (nSPS) is 18.7. The molecule has 0 aliphatic carbocycles. The number of ether oxygens (including phenoxy) is 1. The molecule has 2 saturated heterocycles. The third-order valence-electron chi connectivity index (χ3n) is 6.39. The molecule has 2 aliphatic rings. The molecule has 2 fully saturated rings. The van der Waals surface area contributed by atoms with Crippen LogP contribution >= 0.6 is 0 Å². The fourth-order valence-corrected chi connectivity index (χ4v) is 4.57. The van der Waals surface area contributed by atoms with E-state index >= 15 is 0 Å². The first kappa shape index (κ1) is 22.8. The summed E-state index contributed by atoms with van der Waals surface area (Å²) in [6.45, 7) is 7.21. The maximum absolute atomic E-state index is 12.9. The number of piperidine rings is 1. The summed E-state index contributed by atoms with van der Waals surface area (Å²) in [5, 5.41) is 6.35. The average Bonchev–Trinajstić information content (AvgIpc) is 3.29. The van der Waals surface area contributed by atoms with Gasteiger partial charge in [-0.25, -0.2) is 4.79 Å². The van der Waals surface area contributed by atoms with Crippen molar-refractivity contribution in [3.63, 3.8) is 0 Å². The molecule has 0 saturated carbocycles. The number of rotatable bonds is 5. The third-order valence-corrected chi connectivity index (χ3v) is 6.39. The number of aryl methyl sites for hydroxylation is 2. The largest absolute Gasteiger partial charge is 0.467 e. The van der Waals surface area contributed by atoms with Crippen molar-refractivity contribution in [2.45, 2.75) is 52.5 Å². The first-order chi connectivity index (χ1) is 14.7. The minimum absolute atomic E-state index is 0.0278. The smallest absolute Gasteiger partial charge is 0.328 e. The van der Waals surface area contributed by atoms with Gasteiger partial charge in [-0.3, -0.25) is 14.4 Å². The van der Waals surface area contributed by atoms with Gasteiger partial charge in [0.05, 0.1) is 19.2 Å². The van der Waals surface area contributed by atoms with E-state index in [9.17, 15) is 19.2 Å². The highest BCUT2D eigenvalue weighted by Gasteiger charge is 2.43. The predicted octanol–water partition coefficient (Wildman–Crippen LogP) is 0.814. The summed E-state index contributed by atoms with van der Waals surface area (Å²) in [6.07, 6.45) is 2.34. The Bertz CT molecular complexity index is 852. The molecule has 1 N–H and O–H groups in total. The highest BCUT2D eigenvalue weighted by atomic mass is 16.5. The fourth-order valence-electron chi connectivity index (χ4n) is 4.57. The molecule has 1 aromatic rings. The Balaban J connectivity index is 1.57. The molecule has 0 aromatic carbocycles. The van der Waals surface area contributed by atoms with Crippen LogP contribution in [0.25, 0.3) is 0 Å². The molecule has 1 aromatic heterocycles. The minimum Gasteiger partial charge on any atom is -0.467 e. The molecule has 3 amide bonds. The van der Waals surface area contributed by atoms with E-state index in [4.69, 9.17) is 9.26 Å². The Morgan fingerprint density at radius 3 is 2.26 bits per heavy atom. The van der Waals surface area contributed by atoms with Crippen LogP contribution in [0.3, 0.4) is 0 Å². The summed E-state index contributed by atoms with van der Waals surface area (Å²) in [6, 6.07) is -0.985. The monoisotopic (exact) mass is 434 g/mol. The van der Waals surface area contributed by atoms with Crippen LogP contribution in [-0.2, 0) is 19.1 Å². The van der Waals surface area contributed by atoms with Crippen LogP contribution in [-0.4, -0.2) is 78.0 Å². The molecular formula is C21H30N4O6. The van der Waals surface area contributed by atoms with Gasteiger partial charge in [0, 0.05) is 33.1 Å². The van der Waals surface area contributed by atoms with Gasteiger partial charge < -0.3 is 24.4 Å². The maximum Gasteiger partial charge on any atom is 0.328 e. The summed E-state index contributed by atoms with van der Waals surface area (Å²) in [4.78, 5) is 52.4. The summed E-state index contributed by atoms with van der Waals surface area (Å²) in [5.74, 6) is -0.747. The molecule has 0 bridgehead atoms. The second-order valence-electron chi connectivity index (χ2n) is 8.54. The van der Waals surface area contributed by atoms with Crippen molar-refractivity contribution >= 4 is 23.7 Å². The SMILES string of the molecule is COC(=O)[C@H](CC(=O)N1CCC2(CCN(C(=O)c3c(C)noc3C)CC2)C1)NC(C)=O. The van der Waals surface area contributed by atoms with E-state index in [1.807, 2.05) is 4.90 Å². The molecule has 3 rings (SSSR count). The van der Waals surface area contributed by atoms with Gasteiger partial charge in [-0.2, -0.15) is 0 Å². The zero-order valence-electron chi connectivity index (χ0n) is 18.5. The highest BCUT2D eigenvalue weighted by Crippen LogP contribution is 2.41. The van der Waals surface area contributed by atoms with Gasteiger partial charge in [0.25, 0.3) is 5.91 Å². The van der Waals surface area contributed by atoms with E-state index in [-0.39, 0.29) is 23.7 Å². The number of likely N-dealkylation sites (tertiary alicyclic amines) is 2. The van der Waals surface area contributed by atoms with Gasteiger partial charge in [-0.1, -0.05) is 5.16 Å². The molecule has 2 aliphatic heterocycles. The van der Waals surface area contributed by atoms with E-state index in [0.717, 1.165) is 19.3 Å². The Morgan fingerprint density at radius 1 is 1.13 bits per heavy atom. The number of esters is 1. The van der Waals surface area contributed by atoms with Crippen molar-refractivity contribution in [3.8, 4) is 0 Å². The van der Waals surface area contributed by atoms with Crippen molar-refractivity contribution in [2.75, 3.05) is 33.3 Å². The van der Waals surface area contributed by atoms with E-state index in [1.165, 1.54) is 14.0 Å². The second kappa shape index (κ2) is 9.07. The van der Waals surface area contributed by atoms with Gasteiger partial charge >= 0.3 is 5.97 Å². The Labute approximate surface area is 181 Å². The first-order valence-electron chi connectivity index (χ1n) is 10.5. The van der Waals surface area contributed by atoms with Crippen LogP contribution in [0.15, 0.2) is 4.52 Å². The Morgan fingerprint density at radius 2 is 1.74 bits per heavy atom. The number of nitrogens with zero attached hydrogens (tertiary/aromatic N) is 3. The van der Waals surface area contributed by atoms with Crippen LogP contribution in [0.5, 0.6) is 0 Å². The molecule has 10 heteroatoms. The van der Waals surface area contributed by atoms with Gasteiger partial charge in [-0.05, 0) is 38.5 Å². The van der Waals surface area contributed by atoms with E-state index in [2.05, 4.69) is 10.5 Å². The quantitative estimate of drug-likeness (QED) is 0.681. The second-order valence-corrected chi connectivity index (χ2v) is 8.54. The van der Waals surface area contributed by atoms with Crippen LogP contribution in [0.4, 0.5) is 0 Å². The molecule has 0 radical (unpaired) electrons. The van der Waals surface area contributed by atoms with Crippen LogP contribution in [0, 0.1) is 19.3 Å². The van der Waals surface area contributed by atoms with Gasteiger partial charge in [0.2, 0.25) is 11.8 Å². The molecule has 0 unspecified atom stereocenters. The number of carbonyl (C=O) groups excluding carboxylic acids is 4. The summed E-state index contributed by atoms with van der Waals surface area (Å²) >= 11 is 0. The predicted molar refractivity (Wildman–Crippen MR) is 109 cm³/mol. The van der Waals surface area contributed by atoms with E-state index in [1.54, 1.807) is 18.7 Å². The maximum atomic E-state index is 12.9. The molecule has 1 spiro atoms. The number of aromatic nitrogens is 1. The molecule has 3 heterocycles. The molecule has 1 atom stereocenters. The lowest BCUT2D eigenvalue weighted by Gasteiger charge is -2.39. The highest BCUT2D eigenvalue weighted by molar-refractivity contribution is 5.96. The Kier molecular flexibility index (Phi) is 6.66. The number of amides is 3. The van der Waals surface area contributed by atoms with Crippen LogP contribution in [0.2, 0.25) is 0 Å². The lowest BCUT2D eigenvalue weighted by Crippen LogP contribution is -2.46. The zero-order chi connectivity index (χ0) is 22.8. The average molecular weight is 434 g/mol. The van der Waals surface area contributed by atoms with Crippen molar-refractivity contribution in [2.24, 2.45) is 5.41 Å². The summed E-state index contributed by atoms with van der Waals surface area (Å²) in [7, 11) is 1.23. The number of methoxy groups -OCH3 is 1. The number of hydrogen-bond donors (Lipinski definition) is 1. The zero-order valence-corrected chi connectivity index (χ0v) is 18.5. The van der Waals surface area contributed by atoms with Crippen LogP contribution < -0.4 is 5.32 Å². The van der Waals surface area contributed by atoms with Crippen molar-refractivity contribution in [1.29, 1.82) is 0 Å². The van der Waals surface area contributed by atoms with E-state index in [0.29, 0.717) is 43.2 Å². The number of carbonyl (C=O) groups is 4. The Hall–Kier alpha value is -2.91. The van der Waals surface area contributed by atoms with Gasteiger partial charge in [-0.15, -0.1) is 0 Å². The van der Waals surface area contributed by atoms with Gasteiger partial charge in [0.15, 0.2) is 0 Å². The standard InChI is InChI=1S/C21H30N4O6/c1-13-18(14(2)31-23-13)19(28)24-8-5-21(6-9-24)7-10-25(12-21)17(27)11-16(20(29)30-4)22-15(3)26/h16H,5-12H2,1-4H3,(H,22,26)/t16-/m0/s1. The lowest BCUT2D eigenvalue weighted by atomic mass is 9.77. The number of hydrogen-bond acceptors (Lipinski definition) is 7. The summed E-state index contributed by atoms with van der Waals surface area (Å²) < 4.78 is 9.82. The molecular weight excluding hydrogens is 404 g/mol. The topological polar surface area (TPSA) is 122 Å². The van der Waals surface area contributed by atoms with Crippen LogP contribution in [0.1, 0.15) is 54.4 Å². The third kappa shape index (κ3) is 4.88. The van der Waals surface area contributed by atoms with Crippen molar-refractivity contribution in [3.05, 3.63) is 17.0 Å². The number of nitrogens with one attached hydrogen (secondary N) is 1. The first-order valence-corrected chi connectivity index (χ1v) is 10.5. The van der Waals surface area contributed by atoms with Gasteiger partial charge in [0.1, 0.15) is 17.4 Å². The lowest BCUT2D eigenvalue weighted by molar-refractivity contribution is -0.147. The fraction of sp³-hybridized carbons (Fsp3) is 0.667.